The molecule has 2 saturated heterocycles. The topological polar surface area (TPSA) is 205 Å². The van der Waals surface area contributed by atoms with Crippen LogP contribution in [0.15, 0.2) is 146 Å². The Kier molecular flexibility index (Phi) is 16.0. The number of hydrogen-bond acceptors (Lipinski definition) is 14. The number of benzene rings is 4. The van der Waals surface area contributed by atoms with Crippen LogP contribution in [0.3, 0.4) is 0 Å². The van der Waals surface area contributed by atoms with Gasteiger partial charge in [0.15, 0.2) is 16.8 Å². The molecule has 2 aliphatic heterocycles. The molecule has 356 valence electrons. The number of aliphatic hydroxyl groups excluding tert-OH is 2. The zero-order valence-electron chi connectivity index (χ0n) is 38.7. The first kappa shape index (κ1) is 49.0. The number of hydrogen-bond donors (Lipinski definition) is 4. The number of halogens is 1. The molecule has 4 N–H and O–H groups in total. The zero-order chi connectivity index (χ0) is 49.1. The van der Waals surface area contributed by atoms with Crippen LogP contribution in [0.1, 0.15) is 45.7 Å². The highest BCUT2D eigenvalue weighted by molar-refractivity contribution is 6.58. The van der Waals surface area contributed by atoms with Crippen molar-refractivity contribution in [2.45, 2.75) is 39.1 Å². The van der Waals surface area contributed by atoms with Gasteiger partial charge in [-0.05, 0) is 66.8 Å². The van der Waals surface area contributed by atoms with E-state index in [0.717, 1.165) is 55.6 Å². The predicted molar refractivity (Wildman–Crippen MR) is 272 cm³/mol. The van der Waals surface area contributed by atoms with E-state index in [1.807, 2.05) is 113 Å². The van der Waals surface area contributed by atoms with Crippen LogP contribution >= 0.6 is 11.6 Å². The van der Waals surface area contributed by atoms with E-state index in [1.54, 1.807) is 42.9 Å². The van der Waals surface area contributed by atoms with E-state index >= 15 is 0 Å². The Morgan fingerprint density at radius 3 is 1.50 bits per heavy atom. The normalized spacial score (nSPS) is 15.7. The van der Waals surface area contributed by atoms with Crippen molar-refractivity contribution in [2.75, 3.05) is 49.1 Å². The van der Waals surface area contributed by atoms with E-state index in [-0.39, 0.29) is 37.1 Å². The minimum Gasteiger partial charge on any atom is -0.423 e. The summed E-state index contributed by atoms with van der Waals surface area (Å²) in [6.07, 6.45) is 7.05. The molecule has 4 aromatic carbocycles. The molecule has 0 spiro atoms. The van der Waals surface area contributed by atoms with Crippen LogP contribution in [0.25, 0.3) is 32.8 Å². The van der Waals surface area contributed by atoms with Gasteiger partial charge in [0.1, 0.15) is 5.69 Å². The standard InChI is InChI=1S/C26H25N5O2.C19H18ClN5O.C7H9BO3/c1-18-16-30(26(33)21-5-3-2-4-6-21)13-14-31(18)25-23-15-27-12-11-22(23)24(28-29-25)20-9-7-19(17-32)8-10-20;1-13-12-24(19(26)14-5-3-2-4-6-14)9-10-25(13)18-16-11-21-8-7-15(16)17(20)22-23-18;9-5-6-1-3-7(4-2-6)8(10)11/h2-12,15,18,32H,13-14,16-17H2,1H3;2-8,11,13H,9-10,12H2,1H3;1-4,9-11H,5H2/t18-;13-;/m11./s1. The highest BCUT2D eigenvalue weighted by Gasteiger charge is 2.31. The molecule has 0 bridgehead atoms. The van der Waals surface area contributed by atoms with Crippen molar-refractivity contribution in [1.82, 2.24) is 40.2 Å². The summed E-state index contributed by atoms with van der Waals surface area (Å²) in [5.41, 5.74) is 5.20. The Morgan fingerprint density at radius 2 is 1.03 bits per heavy atom. The number of carbonyl (C=O) groups is 2. The number of piperazine rings is 2. The van der Waals surface area contributed by atoms with E-state index in [0.29, 0.717) is 61.0 Å². The van der Waals surface area contributed by atoms with E-state index in [9.17, 15) is 14.7 Å². The maximum absolute atomic E-state index is 12.9. The SMILES string of the molecule is C[C@@H]1CN(C(=O)c2ccccc2)CCN1c1nnc(-c2ccc(CO)cc2)c2ccncc12.C[C@@H]1CN(C(=O)c2ccccc2)CCN1c1nnc(Cl)c2ccncc12.OCc1ccc(B(O)O)cc1. The van der Waals surface area contributed by atoms with E-state index < -0.39 is 7.12 Å². The van der Waals surface area contributed by atoms with Crippen molar-refractivity contribution in [2.24, 2.45) is 0 Å². The summed E-state index contributed by atoms with van der Waals surface area (Å²) < 4.78 is 0. The third kappa shape index (κ3) is 11.2. The largest absolute Gasteiger partial charge is 0.488 e. The number of pyridine rings is 2. The molecule has 2 fully saturated rings. The van der Waals surface area contributed by atoms with Gasteiger partial charge in [0.2, 0.25) is 0 Å². The Hall–Kier alpha value is -7.41. The first-order chi connectivity index (χ1) is 34.0. The molecule has 2 amide bonds. The van der Waals surface area contributed by atoms with Crippen molar-refractivity contribution >= 4 is 69.2 Å². The monoisotopic (exact) mass is 958 g/mol. The number of nitrogens with zero attached hydrogens (tertiary/aromatic N) is 10. The molecule has 4 aromatic heterocycles. The third-order valence-electron chi connectivity index (χ3n) is 12.4. The molecule has 16 nitrogen and oxygen atoms in total. The number of anilines is 2. The highest BCUT2D eigenvalue weighted by Crippen LogP contribution is 2.33. The van der Waals surface area contributed by atoms with Crippen LogP contribution in [0.4, 0.5) is 11.6 Å². The quantitative estimate of drug-likeness (QED) is 0.141. The zero-order valence-corrected chi connectivity index (χ0v) is 39.5. The van der Waals surface area contributed by atoms with Crippen molar-refractivity contribution in [3.63, 3.8) is 0 Å². The van der Waals surface area contributed by atoms with Gasteiger partial charge in [-0.3, -0.25) is 19.6 Å². The fraction of sp³-hybridized carbons (Fsp3) is 0.231. The minimum absolute atomic E-state index is 0.00616. The molecule has 2 atom stereocenters. The molecule has 0 saturated carbocycles. The molecule has 18 heteroatoms. The lowest BCUT2D eigenvalue weighted by molar-refractivity contribution is 0.0719. The summed E-state index contributed by atoms with van der Waals surface area (Å²) in [5.74, 6) is 1.66. The maximum Gasteiger partial charge on any atom is 0.488 e. The number of fused-ring (bicyclic) bond motifs is 2. The van der Waals surface area contributed by atoms with Crippen molar-refractivity contribution in [1.29, 1.82) is 0 Å². The van der Waals surface area contributed by atoms with Crippen LogP contribution in [0.2, 0.25) is 5.15 Å². The van der Waals surface area contributed by atoms with Crippen LogP contribution in [0, 0.1) is 0 Å². The molecule has 70 heavy (non-hydrogen) atoms. The molecule has 0 aliphatic carbocycles. The van der Waals surface area contributed by atoms with Crippen LogP contribution < -0.4 is 15.3 Å². The minimum atomic E-state index is -1.43. The summed E-state index contributed by atoms with van der Waals surface area (Å²) in [6, 6.07) is 36.9. The number of rotatable bonds is 8. The lowest BCUT2D eigenvalue weighted by Crippen LogP contribution is -2.54. The van der Waals surface area contributed by atoms with Crippen LogP contribution in [-0.2, 0) is 13.2 Å². The maximum atomic E-state index is 12.9. The Labute approximate surface area is 410 Å². The van der Waals surface area contributed by atoms with E-state index in [2.05, 4.69) is 54.0 Å². The second kappa shape index (κ2) is 22.8. The van der Waals surface area contributed by atoms with Gasteiger partial charge in [0.25, 0.3) is 11.8 Å². The van der Waals surface area contributed by atoms with Gasteiger partial charge in [-0.2, -0.15) is 0 Å². The van der Waals surface area contributed by atoms with E-state index in [4.69, 9.17) is 26.8 Å². The van der Waals surface area contributed by atoms with Gasteiger partial charge in [0.05, 0.1) is 13.2 Å². The average Bonchev–Trinajstić information content (AvgIpc) is 3.41. The van der Waals surface area contributed by atoms with E-state index in [1.165, 1.54) is 0 Å². The van der Waals surface area contributed by atoms with Gasteiger partial charge in [-0.15, -0.1) is 20.4 Å². The van der Waals surface area contributed by atoms with Gasteiger partial charge >= 0.3 is 7.12 Å². The lowest BCUT2D eigenvalue weighted by atomic mass is 9.80. The third-order valence-corrected chi connectivity index (χ3v) is 12.6. The number of amides is 2. The highest BCUT2D eigenvalue weighted by atomic mass is 35.5. The summed E-state index contributed by atoms with van der Waals surface area (Å²) in [7, 11) is -1.43. The van der Waals surface area contributed by atoms with Crippen LogP contribution in [0.5, 0.6) is 0 Å². The molecular weight excluding hydrogens is 907 g/mol. The molecule has 8 aromatic rings. The molecule has 2 aliphatic rings. The van der Waals surface area contributed by atoms with Gasteiger partial charge in [-0.1, -0.05) is 96.5 Å². The average molecular weight is 959 g/mol. The second-order valence-corrected chi connectivity index (χ2v) is 17.3. The van der Waals surface area contributed by atoms with Crippen LogP contribution in [-0.4, -0.2) is 131 Å². The fourth-order valence-electron chi connectivity index (χ4n) is 8.58. The summed E-state index contributed by atoms with van der Waals surface area (Å²) in [6.45, 7) is 8.01. The molecule has 10 rings (SSSR count). The summed E-state index contributed by atoms with van der Waals surface area (Å²) >= 11 is 6.16. The van der Waals surface area contributed by atoms with Crippen molar-refractivity contribution in [3.8, 4) is 11.3 Å². The summed E-state index contributed by atoms with van der Waals surface area (Å²) in [5, 5.41) is 56.9. The predicted octanol–water partition coefficient (Wildman–Crippen LogP) is 5.42. The second-order valence-electron chi connectivity index (χ2n) is 17.0. The van der Waals surface area contributed by atoms with Crippen molar-refractivity contribution < 1.29 is 29.9 Å². The first-order valence-electron chi connectivity index (χ1n) is 22.9. The first-order valence-corrected chi connectivity index (χ1v) is 23.3. The van der Waals surface area contributed by atoms with Gasteiger partial charge < -0.3 is 39.9 Å². The number of carbonyl (C=O) groups excluding carboxylic acids is 2. The lowest BCUT2D eigenvalue weighted by Gasteiger charge is -2.40. The molecular formula is C52H52BClN10O6. The Balaban J connectivity index is 0.000000158. The number of aromatic nitrogens is 6. The van der Waals surface area contributed by atoms with Gasteiger partial charge in [-0.25, -0.2) is 0 Å². The van der Waals surface area contributed by atoms with Crippen molar-refractivity contribution in [3.05, 3.63) is 174 Å². The fourth-order valence-corrected chi connectivity index (χ4v) is 8.78. The Bertz CT molecular complexity index is 3030. The number of aliphatic hydroxyl groups is 2. The molecule has 0 radical (unpaired) electrons. The Morgan fingerprint density at radius 1 is 0.571 bits per heavy atom. The molecule has 6 heterocycles. The van der Waals surface area contributed by atoms with Gasteiger partial charge in [0, 0.05) is 114 Å². The molecule has 0 unspecified atom stereocenters. The smallest absolute Gasteiger partial charge is 0.423 e. The summed E-state index contributed by atoms with van der Waals surface area (Å²) in [4.78, 5) is 42.3.